The predicted molar refractivity (Wildman–Crippen MR) is 79.2 cm³/mol. The van der Waals surface area contributed by atoms with Crippen molar-refractivity contribution in [3.63, 3.8) is 0 Å². The molecule has 1 saturated heterocycles. The molecule has 0 aliphatic carbocycles. The second-order valence-electron chi connectivity index (χ2n) is 5.76. The highest BCUT2D eigenvalue weighted by atomic mass is 32.1. The van der Waals surface area contributed by atoms with Crippen molar-refractivity contribution in [1.29, 1.82) is 0 Å². The molecule has 1 amide bonds. The van der Waals surface area contributed by atoms with E-state index in [0.717, 1.165) is 6.54 Å². The Labute approximate surface area is 119 Å². The molecule has 1 aliphatic rings. The van der Waals surface area contributed by atoms with Crippen molar-refractivity contribution >= 4 is 17.2 Å². The normalized spacial score (nSPS) is 22.9. The maximum Gasteiger partial charge on any atom is 0.240 e. The zero-order chi connectivity index (χ0) is 14.2. The van der Waals surface area contributed by atoms with Crippen molar-refractivity contribution < 1.29 is 4.79 Å². The van der Waals surface area contributed by atoms with Crippen LogP contribution >= 0.6 is 11.3 Å². The van der Waals surface area contributed by atoms with E-state index in [-0.39, 0.29) is 18.0 Å². The van der Waals surface area contributed by atoms with Gasteiger partial charge in [0.15, 0.2) is 0 Å². The summed E-state index contributed by atoms with van der Waals surface area (Å²) in [6.07, 6.45) is 0. The number of nitrogens with two attached hydrogens (primary N) is 1. The number of carbonyl (C=O) groups excluding carboxylic acids is 1. The quantitative estimate of drug-likeness (QED) is 0.886. The summed E-state index contributed by atoms with van der Waals surface area (Å²) in [6.45, 7) is 9.58. The van der Waals surface area contributed by atoms with Crippen molar-refractivity contribution in [3.05, 3.63) is 21.9 Å². The summed E-state index contributed by atoms with van der Waals surface area (Å²) in [5.41, 5.74) is 5.69. The first kappa shape index (κ1) is 14.5. The van der Waals surface area contributed by atoms with Gasteiger partial charge in [0.2, 0.25) is 5.91 Å². The molecular formula is C14H23N3OS. The first-order valence-corrected chi connectivity index (χ1v) is 7.52. The molecule has 5 heteroatoms. The van der Waals surface area contributed by atoms with E-state index in [1.54, 1.807) is 11.3 Å². The minimum atomic E-state index is -0.519. The van der Waals surface area contributed by atoms with Crippen LogP contribution in [0.25, 0.3) is 0 Å². The third-order valence-corrected chi connectivity index (χ3v) is 4.87. The average Bonchev–Trinajstić information content (AvgIpc) is 2.71. The van der Waals surface area contributed by atoms with Gasteiger partial charge in [0.25, 0.3) is 0 Å². The summed E-state index contributed by atoms with van der Waals surface area (Å²) in [6, 6.07) is 4.34. The Morgan fingerprint density at radius 1 is 1.47 bits per heavy atom. The lowest BCUT2D eigenvalue weighted by atomic mass is 9.93. The summed E-state index contributed by atoms with van der Waals surface area (Å²) in [4.78, 5) is 16.9. The van der Waals surface area contributed by atoms with Crippen LogP contribution < -0.4 is 11.1 Å². The van der Waals surface area contributed by atoms with Gasteiger partial charge in [0.1, 0.15) is 0 Å². The van der Waals surface area contributed by atoms with Crippen LogP contribution in [0, 0.1) is 6.92 Å². The summed E-state index contributed by atoms with van der Waals surface area (Å²) in [5, 5.41) is 2.93. The molecule has 2 unspecified atom stereocenters. The van der Waals surface area contributed by atoms with E-state index in [0.29, 0.717) is 6.54 Å². The van der Waals surface area contributed by atoms with E-state index in [2.05, 4.69) is 29.3 Å². The zero-order valence-electron chi connectivity index (χ0n) is 12.1. The van der Waals surface area contributed by atoms with Gasteiger partial charge in [-0.15, -0.1) is 11.3 Å². The summed E-state index contributed by atoms with van der Waals surface area (Å²) in [5.74, 6) is 0.0812. The molecule has 0 bridgehead atoms. The van der Waals surface area contributed by atoms with Gasteiger partial charge >= 0.3 is 0 Å². The number of nitrogens with one attached hydrogen (secondary N) is 1. The molecule has 4 nitrogen and oxygen atoms in total. The number of nitrogens with zero attached hydrogens (tertiary/aromatic N) is 1. The Bertz CT molecular complexity index is 467. The van der Waals surface area contributed by atoms with Crippen molar-refractivity contribution in [2.75, 3.05) is 13.1 Å². The van der Waals surface area contributed by atoms with Crippen LogP contribution in [0.5, 0.6) is 0 Å². The minimum Gasteiger partial charge on any atom is -0.353 e. The molecular weight excluding hydrogens is 258 g/mol. The van der Waals surface area contributed by atoms with E-state index in [1.807, 2.05) is 20.8 Å². The van der Waals surface area contributed by atoms with E-state index in [4.69, 9.17) is 5.73 Å². The average molecular weight is 281 g/mol. The number of hydrogen-bond donors (Lipinski definition) is 2. The molecule has 1 aromatic heterocycles. The van der Waals surface area contributed by atoms with Gasteiger partial charge in [-0.2, -0.15) is 0 Å². The molecule has 1 aliphatic heterocycles. The lowest BCUT2D eigenvalue weighted by Gasteiger charge is -2.46. The molecule has 1 aromatic rings. The molecule has 2 rings (SSSR count). The van der Waals surface area contributed by atoms with Gasteiger partial charge in [0.05, 0.1) is 11.6 Å². The molecule has 0 radical (unpaired) electrons. The Morgan fingerprint density at radius 3 is 2.68 bits per heavy atom. The Kier molecular flexibility index (Phi) is 3.99. The van der Waals surface area contributed by atoms with Crippen LogP contribution in [0.1, 0.15) is 36.6 Å². The van der Waals surface area contributed by atoms with Gasteiger partial charge in [-0.1, -0.05) is 0 Å². The Hall–Kier alpha value is -0.910. The fourth-order valence-corrected chi connectivity index (χ4v) is 3.82. The highest BCUT2D eigenvalue weighted by molar-refractivity contribution is 7.12. The standard InChI is InChI=1S/C14H23N3OS/c1-9-5-6-11(19-9)12(10(2)15)17-8-7-16-13(18)14(17,3)4/h5-6,10,12H,7-8,15H2,1-4H3,(H,16,18). The van der Waals surface area contributed by atoms with Crippen molar-refractivity contribution in [2.45, 2.75) is 45.3 Å². The highest BCUT2D eigenvalue weighted by Crippen LogP contribution is 2.35. The summed E-state index contributed by atoms with van der Waals surface area (Å²) < 4.78 is 0. The zero-order valence-corrected chi connectivity index (χ0v) is 12.9. The molecule has 3 N–H and O–H groups in total. The van der Waals surface area contributed by atoms with Gasteiger partial charge in [-0.3, -0.25) is 9.69 Å². The van der Waals surface area contributed by atoms with Crippen molar-refractivity contribution in [3.8, 4) is 0 Å². The number of carbonyl (C=O) groups is 1. The molecule has 2 atom stereocenters. The molecule has 1 fully saturated rings. The fraction of sp³-hybridized carbons (Fsp3) is 0.643. The van der Waals surface area contributed by atoms with Gasteiger partial charge in [-0.25, -0.2) is 0 Å². The monoisotopic (exact) mass is 281 g/mol. The van der Waals surface area contributed by atoms with Crippen molar-refractivity contribution in [2.24, 2.45) is 5.73 Å². The van der Waals surface area contributed by atoms with Gasteiger partial charge in [-0.05, 0) is 39.8 Å². The number of hydrogen-bond acceptors (Lipinski definition) is 4. The Balaban J connectivity index is 2.36. The largest absolute Gasteiger partial charge is 0.353 e. The third kappa shape index (κ3) is 2.68. The lowest BCUT2D eigenvalue weighted by molar-refractivity contribution is -0.137. The summed E-state index contributed by atoms with van der Waals surface area (Å²) in [7, 11) is 0. The first-order valence-electron chi connectivity index (χ1n) is 6.71. The lowest BCUT2D eigenvalue weighted by Crippen LogP contribution is -2.64. The number of piperazine rings is 1. The van der Waals surface area contributed by atoms with E-state index < -0.39 is 5.54 Å². The highest BCUT2D eigenvalue weighted by Gasteiger charge is 2.43. The first-order chi connectivity index (χ1) is 8.84. The second kappa shape index (κ2) is 5.23. The topological polar surface area (TPSA) is 58.4 Å². The molecule has 19 heavy (non-hydrogen) atoms. The van der Waals surface area contributed by atoms with Crippen LogP contribution in [0.4, 0.5) is 0 Å². The number of thiophene rings is 1. The second-order valence-corrected chi connectivity index (χ2v) is 7.08. The number of rotatable bonds is 3. The van der Waals surface area contributed by atoms with Crippen LogP contribution in [0.2, 0.25) is 0 Å². The molecule has 0 spiro atoms. The van der Waals surface area contributed by atoms with E-state index in [9.17, 15) is 4.79 Å². The van der Waals surface area contributed by atoms with E-state index >= 15 is 0 Å². The molecule has 106 valence electrons. The SMILES string of the molecule is Cc1ccc(C(C(C)N)N2CCNC(=O)C2(C)C)s1. The Morgan fingerprint density at radius 2 is 2.16 bits per heavy atom. The smallest absolute Gasteiger partial charge is 0.240 e. The van der Waals surface area contributed by atoms with E-state index in [1.165, 1.54) is 9.75 Å². The minimum absolute atomic E-state index is 0.0109. The maximum absolute atomic E-state index is 12.1. The molecule has 0 saturated carbocycles. The molecule has 0 aromatic carbocycles. The number of aryl methyl sites for hydroxylation is 1. The van der Waals surface area contributed by atoms with Gasteiger partial charge < -0.3 is 11.1 Å². The van der Waals surface area contributed by atoms with Crippen LogP contribution in [-0.4, -0.2) is 35.5 Å². The summed E-state index contributed by atoms with van der Waals surface area (Å²) >= 11 is 1.77. The van der Waals surface area contributed by atoms with Crippen molar-refractivity contribution in [1.82, 2.24) is 10.2 Å². The van der Waals surface area contributed by atoms with Crippen LogP contribution in [0.15, 0.2) is 12.1 Å². The van der Waals surface area contributed by atoms with Crippen LogP contribution in [-0.2, 0) is 4.79 Å². The predicted octanol–water partition coefficient (Wildman–Crippen LogP) is 1.66. The number of amides is 1. The fourth-order valence-electron chi connectivity index (χ4n) is 2.71. The van der Waals surface area contributed by atoms with Gasteiger partial charge in [0, 0.05) is 28.9 Å². The third-order valence-electron chi connectivity index (χ3n) is 3.80. The molecule has 2 heterocycles. The maximum atomic E-state index is 12.1. The van der Waals surface area contributed by atoms with Crippen LogP contribution in [0.3, 0.4) is 0 Å².